The highest BCUT2D eigenvalue weighted by Crippen LogP contribution is 2.21. The average molecular weight is 326 g/mol. The highest BCUT2D eigenvalue weighted by atomic mass is 79.9. The van der Waals surface area contributed by atoms with Gasteiger partial charge in [-0.3, -0.25) is 4.79 Å². The summed E-state index contributed by atoms with van der Waals surface area (Å²) in [5.41, 5.74) is 1.98. The van der Waals surface area contributed by atoms with Gasteiger partial charge < -0.3 is 10.0 Å². The highest BCUT2D eigenvalue weighted by Gasteiger charge is 2.33. The molecule has 0 aromatic heterocycles. The number of halogens is 1. The van der Waals surface area contributed by atoms with Gasteiger partial charge in [0.1, 0.15) is 6.04 Å². The number of amides is 1. The molecule has 1 amide bonds. The van der Waals surface area contributed by atoms with Crippen LogP contribution in [0.3, 0.4) is 0 Å². The fraction of sp³-hybridized carbons (Fsp3) is 0.429. The number of nitrogens with zero attached hydrogens (tertiary/aromatic N) is 1. The Morgan fingerprint density at radius 1 is 1.47 bits per heavy atom. The highest BCUT2D eigenvalue weighted by molar-refractivity contribution is 9.10. The Hall–Kier alpha value is -1.36. The first-order valence-corrected chi connectivity index (χ1v) is 7.05. The summed E-state index contributed by atoms with van der Waals surface area (Å²) in [6.45, 7) is 2.50. The van der Waals surface area contributed by atoms with Crippen molar-refractivity contribution in [1.82, 2.24) is 4.90 Å². The number of aliphatic carboxylic acids is 1. The minimum absolute atomic E-state index is 0.102. The number of carboxylic acid groups (broad SMARTS) is 1. The van der Waals surface area contributed by atoms with Gasteiger partial charge in [0.05, 0.1) is 6.42 Å². The molecule has 1 N–H and O–H groups in total. The van der Waals surface area contributed by atoms with Crippen molar-refractivity contribution < 1.29 is 14.7 Å². The van der Waals surface area contributed by atoms with Crippen LogP contribution in [-0.4, -0.2) is 34.5 Å². The van der Waals surface area contributed by atoms with Crippen molar-refractivity contribution in [2.75, 3.05) is 6.54 Å². The fourth-order valence-corrected chi connectivity index (χ4v) is 2.92. The van der Waals surface area contributed by atoms with Crippen LogP contribution in [0.25, 0.3) is 0 Å². The van der Waals surface area contributed by atoms with Crippen molar-refractivity contribution in [3.63, 3.8) is 0 Å². The number of carboxylic acids is 1. The Kier molecular flexibility index (Phi) is 4.24. The first kappa shape index (κ1) is 14.1. The molecule has 1 aliphatic heterocycles. The van der Waals surface area contributed by atoms with Crippen LogP contribution in [-0.2, 0) is 16.0 Å². The van der Waals surface area contributed by atoms with Crippen LogP contribution in [0, 0.1) is 6.92 Å². The van der Waals surface area contributed by atoms with Crippen molar-refractivity contribution in [3.8, 4) is 0 Å². The maximum Gasteiger partial charge on any atom is 0.326 e. The van der Waals surface area contributed by atoms with Crippen LogP contribution in [0.15, 0.2) is 22.7 Å². The van der Waals surface area contributed by atoms with E-state index < -0.39 is 12.0 Å². The summed E-state index contributed by atoms with van der Waals surface area (Å²) in [5, 5.41) is 9.09. The first-order valence-electron chi connectivity index (χ1n) is 6.26. The lowest BCUT2D eigenvalue weighted by Gasteiger charge is -2.21. The molecule has 1 saturated heterocycles. The molecular formula is C14H16BrNO3. The molecule has 102 valence electrons. The first-order chi connectivity index (χ1) is 8.99. The molecule has 1 atom stereocenters. The normalized spacial score (nSPS) is 18.6. The second-order valence-electron chi connectivity index (χ2n) is 4.83. The van der Waals surface area contributed by atoms with Gasteiger partial charge in [0.25, 0.3) is 0 Å². The van der Waals surface area contributed by atoms with Crippen molar-refractivity contribution in [2.24, 2.45) is 0 Å². The van der Waals surface area contributed by atoms with E-state index >= 15 is 0 Å². The number of hydrogen-bond donors (Lipinski definition) is 1. The van der Waals surface area contributed by atoms with Crippen molar-refractivity contribution in [3.05, 3.63) is 33.8 Å². The fourth-order valence-electron chi connectivity index (χ4n) is 2.44. The van der Waals surface area contributed by atoms with Gasteiger partial charge in [-0.2, -0.15) is 0 Å². The summed E-state index contributed by atoms with van der Waals surface area (Å²) in [7, 11) is 0. The van der Waals surface area contributed by atoms with Gasteiger partial charge in [-0.15, -0.1) is 0 Å². The molecule has 1 heterocycles. The van der Waals surface area contributed by atoms with Crippen LogP contribution in [0.4, 0.5) is 0 Å². The number of rotatable bonds is 3. The molecule has 1 fully saturated rings. The largest absolute Gasteiger partial charge is 0.480 e. The Bertz CT molecular complexity index is 515. The van der Waals surface area contributed by atoms with Crippen molar-refractivity contribution in [2.45, 2.75) is 32.2 Å². The molecule has 5 heteroatoms. The second kappa shape index (κ2) is 5.74. The predicted molar refractivity (Wildman–Crippen MR) is 75.0 cm³/mol. The summed E-state index contributed by atoms with van der Waals surface area (Å²) >= 11 is 3.38. The standard InChI is InChI=1S/C14H16BrNO3/c1-9-7-11(15)5-4-10(9)8-13(17)16-6-2-3-12(16)14(18)19/h4-5,7,12H,2-3,6,8H2,1H3,(H,18,19)/t12-/m1/s1. The summed E-state index contributed by atoms with van der Waals surface area (Å²) < 4.78 is 0.978. The van der Waals surface area contributed by atoms with Gasteiger partial charge in [0, 0.05) is 11.0 Å². The molecular weight excluding hydrogens is 310 g/mol. The van der Waals surface area contributed by atoms with E-state index in [-0.39, 0.29) is 12.3 Å². The summed E-state index contributed by atoms with van der Waals surface area (Å²) in [5.74, 6) is -1.01. The third-order valence-corrected chi connectivity index (χ3v) is 4.00. The molecule has 1 aromatic rings. The Balaban J connectivity index is 2.10. The molecule has 0 bridgehead atoms. The summed E-state index contributed by atoms with van der Waals surface area (Å²) in [4.78, 5) is 24.8. The van der Waals surface area contributed by atoms with Crippen LogP contribution in [0.1, 0.15) is 24.0 Å². The number of hydrogen-bond acceptors (Lipinski definition) is 2. The lowest BCUT2D eigenvalue weighted by Crippen LogP contribution is -2.41. The third kappa shape index (κ3) is 3.15. The third-order valence-electron chi connectivity index (χ3n) is 3.50. The van der Waals surface area contributed by atoms with Gasteiger partial charge in [-0.05, 0) is 43.0 Å². The Morgan fingerprint density at radius 2 is 2.21 bits per heavy atom. The van der Waals surface area contributed by atoms with Crippen LogP contribution >= 0.6 is 15.9 Å². The number of aryl methyl sites for hydroxylation is 1. The Labute approximate surface area is 120 Å². The van der Waals surface area contributed by atoms with E-state index in [1.165, 1.54) is 4.90 Å². The van der Waals surface area contributed by atoms with E-state index in [1.54, 1.807) is 0 Å². The van der Waals surface area contributed by atoms with E-state index in [4.69, 9.17) is 5.11 Å². The molecule has 0 saturated carbocycles. The van der Waals surface area contributed by atoms with Gasteiger partial charge >= 0.3 is 5.97 Å². The molecule has 0 spiro atoms. The molecule has 4 nitrogen and oxygen atoms in total. The van der Waals surface area contributed by atoms with Crippen molar-refractivity contribution >= 4 is 27.8 Å². The average Bonchev–Trinajstić information content (AvgIpc) is 2.82. The zero-order valence-corrected chi connectivity index (χ0v) is 12.3. The summed E-state index contributed by atoms with van der Waals surface area (Å²) in [6.07, 6.45) is 1.59. The van der Waals surface area contributed by atoms with Crippen molar-refractivity contribution in [1.29, 1.82) is 0 Å². The van der Waals surface area contributed by atoms with E-state index in [2.05, 4.69) is 15.9 Å². The molecule has 0 radical (unpaired) electrons. The van der Waals surface area contributed by atoms with Gasteiger partial charge in [-0.1, -0.05) is 22.0 Å². The molecule has 1 aliphatic rings. The lowest BCUT2D eigenvalue weighted by atomic mass is 10.1. The second-order valence-corrected chi connectivity index (χ2v) is 5.75. The molecule has 0 unspecified atom stereocenters. The summed E-state index contributed by atoms with van der Waals surface area (Å²) in [6, 6.07) is 5.11. The van der Waals surface area contributed by atoms with E-state index in [0.29, 0.717) is 13.0 Å². The molecule has 19 heavy (non-hydrogen) atoms. The number of carbonyl (C=O) groups is 2. The maximum atomic E-state index is 12.2. The lowest BCUT2D eigenvalue weighted by molar-refractivity contribution is -0.148. The van der Waals surface area contributed by atoms with Crippen LogP contribution in [0.5, 0.6) is 0 Å². The zero-order chi connectivity index (χ0) is 14.0. The smallest absolute Gasteiger partial charge is 0.326 e. The maximum absolute atomic E-state index is 12.2. The molecule has 0 aliphatic carbocycles. The predicted octanol–water partition coefficient (Wildman–Crippen LogP) is 2.38. The molecule has 2 rings (SSSR count). The number of likely N-dealkylation sites (tertiary alicyclic amines) is 1. The van der Waals surface area contributed by atoms with E-state index in [9.17, 15) is 9.59 Å². The Morgan fingerprint density at radius 3 is 2.84 bits per heavy atom. The van der Waals surface area contributed by atoms with Crippen LogP contribution < -0.4 is 0 Å². The number of carbonyl (C=O) groups excluding carboxylic acids is 1. The minimum atomic E-state index is -0.904. The minimum Gasteiger partial charge on any atom is -0.480 e. The quantitative estimate of drug-likeness (QED) is 0.928. The van der Waals surface area contributed by atoms with Crippen LogP contribution in [0.2, 0.25) is 0 Å². The van der Waals surface area contributed by atoms with Gasteiger partial charge in [0.2, 0.25) is 5.91 Å². The van der Waals surface area contributed by atoms with Gasteiger partial charge in [0.15, 0.2) is 0 Å². The van der Waals surface area contributed by atoms with Gasteiger partial charge in [-0.25, -0.2) is 4.79 Å². The zero-order valence-electron chi connectivity index (χ0n) is 10.7. The van der Waals surface area contributed by atoms with E-state index in [0.717, 1.165) is 22.0 Å². The monoisotopic (exact) mass is 325 g/mol. The SMILES string of the molecule is Cc1cc(Br)ccc1CC(=O)N1CCC[C@@H]1C(=O)O. The topological polar surface area (TPSA) is 57.6 Å². The number of benzene rings is 1. The molecule has 1 aromatic carbocycles. The van der Waals surface area contributed by atoms with E-state index in [1.807, 2.05) is 25.1 Å².